The lowest BCUT2D eigenvalue weighted by Gasteiger charge is -2.36. The van der Waals surface area contributed by atoms with Crippen LogP contribution in [0, 0.1) is 27.9 Å². The number of nitro groups is 1. The Bertz CT molecular complexity index is 1120. The number of hydrogen-bond acceptors (Lipinski definition) is 9. The third kappa shape index (κ3) is 3.92. The molecule has 7 rings (SSSR count). The predicted octanol–water partition coefficient (Wildman–Crippen LogP) is 2.45. The van der Waals surface area contributed by atoms with Crippen molar-refractivity contribution in [3.05, 3.63) is 38.9 Å². The number of nitrogens with one attached hydrogen (secondary N) is 3. The third-order valence-corrected chi connectivity index (χ3v) is 11.6. The van der Waals surface area contributed by atoms with Crippen LogP contribution in [0.25, 0.3) is 0 Å². The maximum Gasteiger partial charge on any atom is 0.269 e. The third-order valence-electron chi connectivity index (χ3n) is 9.49. The van der Waals surface area contributed by atoms with E-state index in [4.69, 9.17) is 16.3 Å². The maximum atomic E-state index is 13.5. The molecule has 37 heavy (non-hydrogen) atoms. The van der Waals surface area contributed by atoms with E-state index in [0.29, 0.717) is 42.5 Å². The molecule has 8 atom stereocenters. The summed E-state index contributed by atoms with van der Waals surface area (Å²) in [6, 6.07) is 4.69. The van der Waals surface area contributed by atoms with Crippen molar-refractivity contribution in [3.8, 4) is 0 Å². The van der Waals surface area contributed by atoms with E-state index in [2.05, 4.69) is 28.0 Å². The zero-order chi connectivity index (χ0) is 25.5. The molecule has 0 radical (unpaired) electrons. The summed E-state index contributed by atoms with van der Waals surface area (Å²) in [6.45, 7) is 4.76. The first-order valence-corrected chi connectivity index (χ1v) is 14.7. The molecule has 6 fully saturated rings. The number of nitrogens with zero attached hydrogens (tertiary/aromatic N) is 3. The van der Waals surface area contributed by atoms with E-state index in [0.717, 1.165) is 31.2 Å². The smallest absolute Gasteiger partial charge is 0.269 e. The van der Waals surface area contributed by atoms with Crippen LogP contribution in [0.5, 0.6) is 0 Å². The van der Waals surface area contributed by atoms with Crippen LogP contribution in [0.2, 0.25) is 5.02 Å². The molecule has 10 nitrogen and oxygen atoms in total. The van der Waals surface area contributed by atoms with Crippen LogP contribution in [-0.4, -0.2) is 75.4 Å². The number of hydrazine groups is 1. The van der Waals surface area contributed by atoms with Gasteiger partial charge in [-0.2, -0.15) is 0 Å². The van der Waals surface area contributed by atoms with Crippen LogP contribution >= 0.6 is 23.4 Å². The van der Waals surface area contributed by atoms with Gasteiger partial charge >= 0.3 is 0 Å². The molecule has 1 spiro atoms. The Labute approximate surface area is 225 Å². The largest absolute Gasteiger partial charge is 0.378 e. The topological polar surface area (TPSA) is 112 Å². The van der Waals surface area contributed by atoms with Crippen molar-refractivity contribution in [2.24, 2.45) is 17.8 Å². The number of benzene rings is 1. The van der Waals surface area contributed by atoms with Crippen molar-refractivity contribution in [1.29, 1.82) is 0 Å². The number of thioether (sulfide) groups is 1. The zero-order valence-electron chi connectivity index (χ0n) is 20.8. The molecular formula is C25H33ClN6O4S. The summed E-state index contributed by atoms with van der Waals surface area (Å²) in [5.74, 6) is 0.767. The van der Waals surface area contributed by atoms with Crippen LogP contribution in [0.15, 0.2) is 18.2 Å². The van der Waals surface area contributed by atoms with Crippen molar-refractivity contribution in [1.82, 2.24) is 26.0 Å². The van der Waals surface area contributed by atoms with Gasteiger partial charge in [0.25, 0.3) is 5.69 Å². The summed E-state index contributed by atoms with van der Waals surface area (Å²) >= 11 is 8.78. The summed E-state index contributed by atoms with van der Waals surface area (Å²) in [7, 11) is 0. The number of halogens is 1. The number of amides is 1. The molecule has 200 valence electrons. The number of morpholine rings is 1. The highest BCUT2D eigenvalue weighted by molar-refractivity contribution is 8.00. The molecule has 1 amide bonds. The fourth-order valence-electron chi connectivity index (χ4n) is 7.57. The summed E-state index contributed by atoms with van der Waals surface area (Å²) in [4.78, 5) is 29.4. The van der Waals surface area contributed by atoms with Crippen molar-refractivity contribution < 1.29 is 14.5 Å². The number of nitro benzene ring substituents is 1. The van der Waals surface area contributed by atoms with E-state index in [1.165, 1.54) is 6.07 Å². The lowest BCUT2D eigenvalue weighted by atomic mass is 9.80. The van der Waals surface area contributed by atoms with Gasteiger partial charge in [-0.3, -0.25) is 19.8 Å². The molecule has 12 heteroatoms. The Balaban J connectivity index is 1.26. The van der Waals surface area contributed by atoms with Crippen LogP contribution in [0.4, 0.5) is 5.69 Å². The second kappa shape index (κ2) is 9.04. The van der Waals surface area contributed by atoms with Gasteiger partial charge in [-0.25, -0.2) is 10.9 Å². The first kappa shape index (κ1) is 24.6. The first-order chi connectivity index (χ1) is 17.9. The molecule has 0 aromatic heterocycles. The molecule has 3 N–H and O–H groups in total. The highest BCUT2D eigenvalue weighted by atomic mass is 35.5. The van der Waals surface area contributed by atoms with Gasteiger partial charge < -0.3 is 15.0 Å². The second-order valence-electron chi connectivity index (χ2n) is 11.5. The minimum atomic E-state index is -0.342. The van der Waals surface area contributed by atoms with Gasteiger partial charge in [-0.1, -0.05) is 11.6 Å². The van der Waals surface area contributed by atoms with E-state index in [-0.39, 0.29) is 57.6 Å². The van der Waals surface area contributed by atoms with Gasteiger partial charge in [-0.15, -0.1) is 11.8 Å². The van der Waals surface area contributed by atoms with E-state index in [9.17, 15) is 14.9 Å². The SMILES string of the molecule is CC1NNC2N1C1SC3C[C@@H](C(=O)N4CCOCC4)CC3C1C(c1cc([N+](=O)[O-])ccc1Cl)NC21CC1. The Morgan fingerprint density at radius 2 is 2.03 bits per heavy atom. The fourth-order valence-corrected chi connectivity index (χ4v) is 9.98. The van der Waals surface area contributed by atoms with Gasteiger partial charge in [0.1, 0.15) is 0 Å². The number of ether oxygens (including phenoxy) is 1. The zero-order valence-corrected chi connectivity index (χ0v) is 22.3. The molecule has 2 aliphatic carbocycles. The van der Waals surface area contributed by atoms with Crippen LogP contribution in [0.1, 0.15) is 44.2 Å². The monoisotopic (exact) mass is 548 g/mol. The summed E-state index contributed by atoms with van der Waals surface area (Å²) in [6.07, 6.45) is 4.10. The second-order valence-corrected chi connectivity index (χ2v) is 13.2. The number of rotatable bonds is 3. The molecule has 1 aromatic carbocycles. The highest BCUT2D eigenvalue weighted by Gasteiger charge is 2.65. The lowest BCUT2D eigenvalue weighted by Crippen LogP contribution is -2.54. The van der Waals surface area contributed by atoms with Gasteiger partial charge in [0, 0.05) is 58.9 Å². The standard InChI is InChI=1S/C25H33ClN6O4S/c1-13-28-29-24-25(4-5-25)27-21(16-12-15(32(34)35)2-3-18(16)26)20-17-10-14(11-19(17)37-23(20)31(13)24)22(33)30-6-8-36-9-7-30/h2-3,12-14,17,19-21,23-24,27-29H,4-11H2,1H3/t13?,14-,17?,19?,20?,21?,23?,24?/m0/s1. The normalized spacial score (nSPS) is 40.2. The van der Waals surface area contributed by atoms with Crippen LogP contribution < -0.4 is 16.2 Å². The summed E-state index contributed by atoms with van der Waals surface area (Å²) in [5, 5.41) is 16.8. The van der Waals surface area contributed by atoms with Crippen molar-refractivity contribution in [2.45, 2.75) is 67.1 Å². The number of fused-ring (bicyclic) bond motifs is 6. The quantitative estimate of drug-likeness (QED) is 0.387. The number of hydrogen-bond donors (Lipinski definition) is 3. The van der Waals surface area contributed by atoms with Crippen molar-refractivity contribution in [2.75, 3.05) is 26.3 Å². The number of carbonyl (C=O) groups is 1. The number of carbonyl (C=O) groups excluding carboxylic acids is 1. The molecule has 4 heterocycles. The average molecular weight is 549 g/mol. The lowest BCUT2D eigenvalue weighted by molar-refractivity contribution is -0.384. The average Bonchev–Trinajstić information content (AvgIpc) is 3.23. The molecule has 7 unspecified atom stereocenters. The van der Waals surface area contributed by atoms with Crippen LogP contribution in [-0.2, 0) is 9.53 Å². The van der Waals surface area contributed by atoms with Gasteiger partial charge in [0.15, 0.2) is 0 Å². The van der Waals surface area contributed by atoms with E-state index in [1.807, 2.05) is 16.7 Å². The number of non-ortho nitro benzene ring substituents is 1. The molecule has 6 aliphatic rings. The minimum absolute atomic E-state index is 0.0176. The predicted molar refractivity (Wildman–Crippen MR) is 140 cm³/mol. The Morgan fingerprint density at radius 1 is 1.24 bits per heavy atom. The first-order valence-electron chi connectivity index (χ1n) is 13.4. The van der Waals surface area contributed by atoms with E-state index in [1.54, 1.807) is 12.1 Å². The van der Waals surface area contributed by atoms with Gasteiger partial charge in [0.05, 0.1) is 35.8 Å². The highest BCUT2D eigenvalue weighted by Crippen LogP contribution is 2.62. The molecule has 0 bridgehead atoms. The molecular weight excluding hydrogens is 516 g/mol. The van der Waals surface area contributed by atoms with E-state index < -0.39 is 0 Å². The molecule has 4 aliphatic heterocycles. The Kier molecular flexibility index (Phi) is 6.00. The molecule has 2 saturated carbocycles. The summed E-state index contributed by atoms with van der Waals surface area (Å²) < 4.78 is 5.46. The van der Waals surface area contributed by atoms with E-state index >= 15 is 0 Å². The van der Waals surface area contributed by atoms with Gasteiger partial charge in [0.2, 0.25) is 5.91 Å². The maximum absolute atomic E-state index is 13.5. The molecule has 1 aromatic rings. The van der Waals surface area contributed by atoms with Crippen molar-refractivity contribution in [3.63, 3.8) is 0 Å². The summed E-state index contributed by atoms with van der Waals surface area (Å²) in [5.41, 5.74) is 7.77. The van der Waals surface area contributed by atoms with Gasteiger partial charge in [-0.05, 0) is 50.2 Å². The van der Waals surface area contributed by atoms with Crippen molar-refractivity contribution >= 4 is 35.0 Å². The molecule has 4 saturated heterocycles. The Morgan fingerprint density at radius 3 is 2.76 bits per heavy atom. The van der Waals surface area contributed by atoms with Crippen LogP contribution in [0.3, 0.4) is 0 Å². The fraction of sp³-hybridized carbons (Fsp3) is 0.720. The Hall–Kier alpha value is -1.47. The minimum Gasteiger partial charge on any atom is -0.378 e.